The van der Waals surface area contributed by atoms with Gasteiger partial charge in [-0.25, -0.2) is 5.26 Å². The highest BCUT2D eigenvalue weighted by Gasteiger charge is 2.18. The number of hydrogen-bond acceptors (Lipinski definition) is 12. The lowest BCUT2D eigenvalue weighted by atomic mass is 10.2. The number of nitrogens with one attached hydrogen (secondary N) is 2. The van der Waals surface area contributed by atoms with E-state index in [4.69, 9.17) is 11.0 Å². The van der Waals surface area contributed by atoms with Crippen LogP contribution in [0.1, 0.15) is 19.7 Å². The predicted molar refractivity (Wildman–Crippen MR) is 106 cm³/mol. The predicted octanol–water partition coefficient (Wildman–Crippen LogP) is 1.66. The number of rotatable bonds is 11. The van der Waals surface area contributed by atoms with Crippen molar-refractivity contribution in [2.75, 3.05) is 24.1 Å². The Morgan fingerprint density at radius 2 is 2.03 bits per heavy atom. The second kappa shape index (κ2) is 10.6. The molecule has 160 valence electrons. The molecule has 1 aromatic heterocycles. The Morgan fingerprint density at radius 1 is 1.28 bits per heavy atom. The van der Waals surface area contributed by atoms with Gasteiger partial charge in [0.15, 0.2) is 0 Å². The molecule has 29 heavy (non-hydrogen) atoms. The van der Waals surface area contributed by atoms with Gasteiger partial charge in [-0.1, -0.05) is 18.9 Å². The van der Waals surface area contributed by atoms with Gasteiger partial charge in [-0.15, -0.1) is 4.33 Å². The van der Waals surface area contributed by atoms with Gasteiger partial charge >= 0.3 is 0 Å². The molecule has 0 amide bonds. The third-order valence-corrected chi connectivity index (χ3v) is 4.90. The van der Waals surface area contributed by atoms with Crippen molar-refractivity contribution in [1.29, 1.82) is 0 Å². The van der Waals surface area contributed by atoms with Gasteiger partial charge < -0.3 is 16.4 Å². The van der Waals surface area contributed by atoms with Crippen LogP contribution in [0.2, 0.25) is 0 Å². The van der Waals surface area contributed by atoms with E-state index in [0.29, 0.717) is 41.6 Å². The Hall–Kier alpha value is -2.07. The summed E-state index contributed by atoms with van der Waals surface area (Å²) in [7, 11) is -4.54. The van der Waals surface area contributed by atoms with Crippen molar-refractivity contribution in [3.8, 4) is 0 Å². The zero-order valence-corrected chi connectivity index (χ0v) is 17.3. The molecule has 14 heteroatoms. The molecule has 1 heterocycles. The molecule has 6 N–H and O–H groups in total. The number of nitrogens with zero attached hydrogens (tertiary/aromatic N) is 3. The fraction of sp³-hybridized carbons (Fsp3) is 0.400. The van der Waals surface area contributed by atoms with Gasteiger partial charge in [0.05, 0.1) is 17.7 Å². The van der Waals surface area contributed by atoms with E-state index >= 15 is 0 Å². The van der Waals surface area contributed by atoms with Gasteiger partial charge in [0.2, 0.25) is 11.9 Å². The minimum Gasteiger partial charge on any atom is -0.368 e. The van der Waals surface area contributed by atoms with Gasteiger partial charge in [-0.3, -0.25) is 4.55 Å². The largest absolute Gasteiger partial charge is 0.368 e. The maximum absolute atomic E-state index is 11.7. The van der Waals surface area contributed by atoms with Crippen LogP contribution in [0.15, 0.2) is 28.0 Å². The van der Waals surface area contributed by atoms with Crippen LogP contribution in [0.3, 0.4) is 0 Å². The van der Waals surface area contributed by atoms with Gasteiger partial charge in [-0.05, 0) is 30.7 Å². The molecule has 0 saturated heterocycles. The van der Waals surface area contributed by atoms with E-state index in [1.54, 1.807) is 0 Å². The summed E-state index contributed by atoms with van der Waals surface area (Å²) in [5.41, 5.74) is 5.69. The van der Waals surface area contributed by atoms with E-state index in [-0.39, 0.29) is 17.6 Å². The lowest BCUT2D eigenvalue weighted by Crippen LogP contribution is -2.23. The van der Waals surface area contributed by atoms with E-state index < -0.39 is 15.0 Å². The van der Waals surface area contributed by atoms with Crippen molar-refractivity contribution in [3.05, 3.63) is 24.0 Å². The smallest absolute Gasteiger partial charge is 0.296 e. The molecule has 12 nitrogen and oxygen atoms in total. The van der Waals surface area contributed by atoms with Crippen LogP contribution in [0, 0.1) is 5.92 Å². The van der Waals surface area contributed by atoms with Gasteiger partial charge in [0.1, 0.15) is 10.7 Å². The van der Waals surface area contributed by atoms with E-state index in [1.165, 1.54) is 12.1 Å². The summed E-state index contributed by atoms with van der Waals surface area (Å²) in [6.07, 6.45) is 0.483. The molecule has 0 aliphatic heterocycles. The van der Waals surface area contributed by atoms with Crippen LogP contribution in [0.5, 0.6) is 0 Å². The quantitative estimate of drug-likeness (QED) is 0.111. The van der Waals surface area contributed by atoms with Gasteiger partial charge in [0, 0.05) is 17.9 Å². The van der Waals surface area contributed by atoms with Crippen molar-refractivity contribution in [2.45, 2.75) is 30.1 Å². The second-order valence-electron chi connectivity index (χ2n) is 6.27. The van der Waals surface area contributed by atoms with Crippen LogP contribution in [0.4, 0.5) is 17.6 Å². The lowest BCUT2D eigenvalue weighted by molar-refractivity contribution is -0.432. The fourth-order valence-corrected chi connectivity index (χ4v) is 3.28. The molecule has 1 aromatic carbocycles. The molecule has 0 unspecified atom stereocenters. The van der Waals surface area contributed by atoms with E-state index in [2.05, 4.69) is 48.8 Å². The summed E-state index contributed by atoms with van der Waals surface area (Å²) in [6.45, 7) is 5.65. The van der Waals surface area contributed by atoms with Gasteiger partial charge in [-0.2, -0.15) is 23.4 Å². The maximum Gasteiger partial charge on any atom is 0.296 e. The zero-order valence-electron chi connectivity index (χ0n) is 15.7. The van der Waals surface area contributed by atoms with Crippen LogP contribution >= 0.6 is 12.0 Å². The molecule has 0 fully saturated rings. The highest BCUT2D eigenvalue weighted by molar-refractivity contribution is 7.94. The summed E-state index contributed by atoms with van der Waals surface area (Å²) < 4.78 is 37.1. The zero-order chi connectivity index (χ0) is 21.4. The van der Waals surface area contributed by atoms with Crippen LogP contribution in [0.25, 0.3) is 0 Å². The number of aromatic nitrogens is 3. The average molecular weight is 447 g/mol. The normalized spacial score (nSPS) is 11.8. The van der Waals surface area contributed by atoms with Crippen molar-refractivity contribution in [1.82, 2.24) is 20.3 Å². The number of nitrogen functional groups attached to an aromatic ring is 1. The van der Waals surface area contributed by atoms with Crippen LogP contribution < -0.4 is 16.4 Å². The molecule has 0 saturated carbocycles. The molecule has 0 bridgehead atoms. The summed E-state index contributed by atoms with van der Waals surface area (Å²) in [6, 6.07) is 3.81. The lowest BCUT2D eigenvalue weighted by Gasteiger charge is -2.12. The van der Waals surface area contributed by atoms with Crippen molar-refractivity contribution < 1.29 is 27.6 Å². The Bertz CT molecular complexity index is 928. The molecule has 0 aliphatic rings. The first-order chi connectivity index (χ1) is 13.7. The summed E-state index contributed by atoms with van der Waals surface area (Å²) in [4.78, 5) is 12.2. The average Bonchev–Trinajstić information content (AvgIpc) is 2.62. The molecule has 0 radical (unpaired) electrons. The van der Waals surface area contributed by atoms with Crippen LogP contribution in [-0.2, 0) is 25.9 Å². The van der Waals surface area contributed by atoms with Crippen molar-refractivity contribution >= 4 is 39.7 Å². The second-order valence-corrected chi connectivity index (χ2v) is 8.43. The van der Waals surface area contributed by atoms with E-state index in [1.807, 2.05) is 0 Å². The number of nitrogens with two attached hydrogens (primary N) is 1. The first kappa shape index (κ1) is 23.2. The molecule has 2 aromatic rings. The first-order valence-electron chi connectivity index (χ1n) is 8.43. The number of hydrogen-bond donors (Lipinski definition) is 5. The first-order valence-corrected chi connectivity index (χ1v) is 10.6. The molecule has 0 atom stereocenters. The Kier molecular flexibility index (Phi) is 8.51. The monoisotopic (exact) mass is 446 g/mol. The van der Waals surface area contributed by atoms with Gasteiger partial charge in [0.25, 0.3) is 10.1 Å². The topological polar surface area (TPSA) is 182 Å². The Labute approximate surface area is 172 Å². The molecule has 2 rings (SSSR count). The van der Waals surface area contributed by atoms with Crippen molar-refractivity contribution in [3.63, 3.8) is 0 Å². The standard InChI is InChI=1S/C15H22N6O6S2/c1-9(2)8-17-6-5-13-19-14(16)21-15(20-13)18-11-7-10(28-27-26-22)3-4-12(11)29(23,24)25/h3-4,7,9,17,22H,5-6,8H2,1-2H3,(H,23,24,25)(H3,16,18,19,20,21). The minimum atomic E-state index is -4.54. The third kappa shape index (κ3) is 7.69. The number of benzene rings is 1. The van der Waals surface area contributed by atoms with E-state index in [9.17, 15) is 13.0 Å². The third-order valence-electron chi connectivity index (χ3n) is 3.41. The van der Waals surface area contributed by atoms with E-state index in [0.717, 1.165) is 12.6 Å². The highest BCUT2D eigenvalue weighted by Crippen LogP contribution is 2.30. The van der Waals surface area contributed by atoms with Crippen molar-refractivity contribution in [2.24, 2.45) is 5.92 Å². The SMILES string of the molecule is CC(C)CNCCc1nc(N)nc(Nc2cc(SOOO)ccc2S(=O)(=O)O)n1. The minimum absolute atomic E-state index is 0.00253. The Balaban J connectivity index is 2.25. The fourth-order valence-electron chi connectivity index (χ4n) is 2.26. The molecular weight excluding hydrogens is 424 g/mol. The molecule has 0 spiro atoms. The summed E-state index contributed by atoms with van der Waals surface area (Å²) in [5, 5.41) is 17.7. The Morgan fingerprint density at radius 3 is 2.69 bits per heavy atom. The summed E-state index contributed by atoms with van der Waals surface area (Å²) >= 11 is 0.612. The highest BCUT2D eigenvalue weighted by atomic mass is 32.2. The maximum atomic E-state index is 11.7. The molecular formula is C15H22N6O6S2. The molecule has 0 aliphatic carbocycles. The van der Waals surface area contributed by atoms with Crippen LogP contribution in [-0.4, -0.2) is 46.3 Å². The summed E-state index contributed by atoms with van der Waals surface area (Å²) in [5.74, 6) is 0.868. The number of anilines is 3.